The summed E-state index contributed by atoms with van der Waals surface area (Å²) in [5, 5.41) is 0.912. The Labute approximate surface area is 176 Å². The van der Waals surface area contributed by atoms with Crippen molar-refractivity contribution in [1.82, 2.24) is 4.98 Å². The Morgan fingerprint density at radius 2 is 1.72 bits per heavy atom. The Kier molecular flexibility index (Phi) is 5.36. The van der Waals surface area contributed by atoms with Crippen molar-refractivity contribution in [3.63, 3.8) is 0 Å². The summed E-state index contributed by atoms with van der Waals surface area (Å²) in [7, 11) is 0. The van der Waals surface area contributed by atoms with Crippen molar-refractivity contribution in [2.24, 2.45) is 0 Å². The van der Waals surface area contributed by atoms with Gasteiger partial charge in [0.25, 0.3) is 0 Å². The van der Waals surface area contributed by atoms with Gasteiger partial charge in [0.05, 0.1) is 11.1 Å². The second-order valence-corrected chi connectivity index (χ2v) is 7.64. The molecule has 0 bridgehead atoms. The van der Waals surface area contributed by atoms with Gasteiger partial charge < -0.3 is 0 Å². The van der Waals surface area contributed by atoms with Crippen molar-refractivity contribution in [3.05, 3.63) is 106 Å². The van der Waals surface area contributed by atoms with Crippen LogP contribution in [0.1, 0.15) is 21.6 Å². The average molecular weight is 446 g/mol. The number of carbonyl (C=O) groups is 1. The van der Waals surface area contributed by atoms with E-state index in [0.717, 1.165) is 32.1 Å². The number of hydrogen-bond donors (Lipinski definition) is 0. The molecule has 0 fully saturated rings. The van der Waals surface area contributed by atoms with Crippen LogP contribution in [-0.2, 0) is 0 Å². The van der Waals surface area contributed by atoms with Crippen molar-refractivity contribution in [2.45, 2.75) is 6.92 Å². The van der Waals surface area contributed by atoms with Crippen molar-refractivity contribution in [2.75, 3.05) is 0 Å². The largest absolute Gasteiger partial charge is 0.289 e. The quantitative estimate of drug-likeness (QED) is 0.249. The van der Waals surface area contributed by atoms with Gasteiger partial charge in [0, 0.05) is 21.1 Å². The van der Waals surface area contributed by atoms with Gasteiger partial charge in [-0.1, -0.05) is 64.5 Å². The van der Waals surface area contributed by atoms with Gasteiger partial charge in [0.15, 0.2) is 5.78 Å². The normalized spacial score (nSPS) is 11.3. The first-order valence-electron chi connectivity index (χ1n) is 9.16. The molecule has 4 rings (SSSR count). The third kappa shape index (κ3) is 4.03. The Morgan fingerprint density at radius 3 is 2.45 bits per heavy atom. The van der Waals surface area contributed by atoms with Crippen molar-refractivity contribution in [1.29, 1.82) is 0 Å². The number of aryl methyl sites for hydroxylation is 1. The van der Waals surface area contributed by atoms with Gasteiger partial charge in [-0.05, 0) is 54.5 Å². The van der Waals surface area contributed by atoms with E-state index in [-0.39, 0.29) is 11.6 Å². The molecular formula is C25H17BrFNO. The van der Waals surface area contributed by atoms with Crippen LogP contribution in [0, 0.1) is 12.7 Å². The highest BCUT2D eigenvalue weighted by atomic mass is 79.9. The molecule has 3 aromatic carbocycles. The lowest BCUT2D eigenvalue weighted by atomic mass is 9.92. The highest BCUT2D eigenvalue weighted by molar-refractivity contribution is 9.10. The molecule has 29 heavy (non-hydrogen) atoms. The molecule has 4 aromatic rings. The lowest BCUT2D eigenvalue weighted by molar-refractivity contribution is 0.104. The van der Waals surface area contributed by atoms with Crippen LogP contribution in [0.5, 0.6) is 0 Å². The maximum absolute atomic E-state index is 13.2. The van der Waals surface area contributed by atoms with Gasteiger partial charge in [-0.25, -0.2) is 4.39 Å². The Hall–Kier alpha value is -3.11. The second-order valence-electron chi connectivity index (χ2n) is 6.72. The van der Waals surface area contributed by atoms with Crippen LogP contribution in [0.25, 0.3) is 28.1 Å². The zero-order valence-electron chi connectivity index (χ0n) is 15.7. The maximum Gasteiger partial charge on any atom is 0.188 e. The fourth-order valence-electron chi connectivity index (χ4n) is 3.39. The summed E-state index contributed by atoms with van der Waals surface area (Å²) < 4.78 is 14.0. The van der Waals surface area contributed by atoms with E-state index in [1.54, 1.807) is 18.2 Å². The molecule has 1 aromatic heterocycles. The summed E-state index contributed by atoms with van der Waals surface area (Å²) >= 11 is 3.53. The topological polar surface area (TPSA) is 30.0 Å². The minimum Gasteiger partial charge on any atom is -0.289 e. The highest BCUT2D eigenvalue weighted by Gasteiger charge is 2.19. The summed E-state index contributed by atoms with van der Waals surface area (Å²) in [5.41, 5.74) is 4.66. The number of rotatable bonds is 4. The standard InChI is InChI=1S/C25H17BrFNO/c1-16-24(23(29)14-9-17-7-11-20(27)12-8-17)25(18-5-3-2-4-6-18)21-15-19(26)10-13-22(21)28-16/h2-15H,1H3. The van der Waals surface area contributed by atoms with E-state index in [9.17, 15) is 9.18 Å². The van der Waals surface area contributed by atoms with Crippen molar-refractivity contribution in [3.8, 4) is 11.1 Å². The van der Waals surface area contributed by atoms with Crippen LogP contribution in [0.3, 0.4) is 0 Å². The van der Waals surface area contributed by atoms with Gasteiger partial charge >= 0.3 is 0 Å². The number of hydrogen-bond acceptors (Lipinski definition) is 2. The molecular weight excluding hydrogens is 429 g/mol. The predicted octanol–water partition coefficient (Wildman–Crippen LogP) is 7.01. The summed E-state index contributed by atoms with van der Waals surface area (Å²) in [6, 6.07) is 21.8. The summed E-state index contributed by atoms with van der Waals surface area (Å²) in [4.78, 5) is 17.9. The molecule has 1 heterocycles. The van der Waals surface area contributed by atoms with Gasteiger partial charge in [-0.3, -0.25) is 9.78 Å². The fraction of sp³-hybridized carbons (Fsp3) is 0.0400. The van der Waals surface area contributed by atoms with Gasteiger partial charge in [0.2, 0.25) is 0 Å². The molecule has 0 saturated carbocycles. The van der Waals surface area contributed by atoms with E-state index in [0.29, 0.717) is 11.3 Å². The van der Waals surface area contributed by atoms with Crippen LogP contribution in [0.15, 0.2) is 83.3 Å². The summed E-state index contributed by atoms with van der Waals surface area (Å²) in [6.45, 7) is 1.85. The van der Waals surface area contributed by atoms with Gasteiger partial charge in [0.1, 0.15) is 5.82 Å². The smallest absolute Gasteiger partial charge is 0.188 e. The predicted molar refractivity (Wildman–Crippen MR) is 119 cm³/mol. The summed E-state index contributed by atoms with van der Waals surface area (Å²) in [6.07, 6.45) is 3.22. The molecule has 0 N–H and O–H groups in total. The molecule has 0 aliphatic rings. The molecule has 0 saturated heterocycles. The number of aromatic nitrogens is 1. The number of pyridine rings is 1. The molecule has 142 valence electrons. The van der Waals surface area contributed by atoms with Crippen LogP contribution >= 0.6 is 15.9 Å². The Morgan fingerprint density at radius 1 is 1.00 bits per heavy atom. The molecule has 0 aliphatic heterocycles. The SMILES string of the molecule is Cc1nc2ccc(Br)cc2c(-c2ccccc2)c1C(=O)C=Cc1ccc(F)cc1. The highest BCUT2D eigenvalue weighted by Crippen LogP contribution is 2.35. The van der Waals surface area contributed by atoms with E-state index in [4.69, 9.17) is 0 Å². The maximum atomic E-state index is 13.2. The van der Waals surface area contributed by atoms with Crippen LogP contribution in [-0.4, -0.2) is 10.8 Å². The number of allylic oxidation sites excluding steroid dienone is 1. The third-order valence-corrected chi connectivity index (χ3v) is 5.23. The zero-order chi connectivity index (χ0) is 20.4. The summed E-state index contributed by atoms with van der Waals surface area (Å²) in [5.74, 6) is -0.444. The second kappa shape index (κ2) is 8.10. The molecule has 0 aliphatic carbocycles. The van der Waals surface area contributed by atoms with E-state index < -0.39 is 0 Å². The number of nitrogens with zero attached hydrogens (tertiary/aromatic N) is 1. The molecule has 0 spiro atoms. The third-order valence-electron chi connectivity index (χ3n) is 4.73. The first-order chi connectivity index (χ1) is 14.0. The monoisotopic (exact) mass is 445 g/mol. The molecule has 0 amide bonds. The number of halogens is 2. The van der Waals surface area contributed by atoms with Crippen molar-refractivity contribution >= 4 is 38.7 Å². The first-order valence-corrected chi connectivity index (χ1v) is 9.95. The zero-order valence-corrected chi connectivity index (χ0v) is 17.3. The van der Waals surface area contributed by atoms with Gasteiger partial charge in [-0.15, -0.1) is 0 Å². The lowest BCUT2D eigenvalue weighted by Gasteiger charge is -2.14. The van der Waals surface area contributed by atoms with E-state index >= 15 is 0 Å². The van der Waals surface area contributed by atoms with E-state index in [1.807, 2.05) is 55.5 Å². The Bertz CT molecular complexity index is 1230. The molecule has 0 radical (unpaired) electrons. The van der Waals surface area contributed by atoms with Gasteiger partial charge in [-0.2, -0.15) is 0 Å². The number of carbonyl (C=O) groups excluding carboxylic acids is 1. The number of ketones is 1. The van der Waals surface area contributed by atoms with Crippen molar-refractivity contribution < 1.29 is 9.18 Å². The minimum atomic E-state index is -0.306. The number of fused-ring (bicyclic) bond motifs is 1. The number of benzene rings is 3. The lowest BCUT2D eigenvalue weighted by Crippen LogP contribution is -2.05. The van der Waals surface area contributed by atoms with E-state index in [2.05, 4.69) is 20.9 Å². The van der Waals surface area contributed by atoms with E-state index in [1.165, 1.54) is 18.2 Å². The van der Waals surface area contributed by atoms with Crippen LogP contribution < -0.4 is 0 Å². The first kappa shape index (κ1) is 19.2. The molecule has 0 atom stereocenters. The average Bonchev–Trinajstić information content (AvgIpc) is 2.73. The molecule has 4 heteroatoms. The Balaban J connectivity index is 1.90. The fourth-order valence-corrected chi connectivity index (χ4v) is 3.75. The van der Waals surface area contributed by atoms with Crippen LogP contribution in [0.2, 0.25) is 0 Å². The minimum absolute atomic E-state index is 0.139. The van der Waals surface area contributed by atoms with Crippen LogP contribution in [0.4, 0.5) is 4.39 Å². The molecule has 2 nitrogen and oxygen atoms in total. The molecule has 0 unspecified atom stereocenters.